The maximum absolute atomic E-state index is 12.2. The van der Waals surface area contributed by atoms with Crippen molar-refractivity contribution >= 4 is 5.91 Å². The van der Waals surface area contributed by atoms with Gasteiger partial charge in [-0.2, -0.15) is 0 Å². The van der Waals surface area contributed by atoms with Crippen molar-refractivity contribution in [2.45, 2.75) is 39.2 Å². The summed E-state index contributed by atoms with van der Waals surface area (Å²) in [4.78, 5) is 12.2. The molecule has 1 unspecified atom stereocenters. The second kappa shape index (κ2) is 6.75. The van der Waals surface area contributed by atoms with Crippen LogP contribution in [-0.2, 0) is 0 Å². The smallest absolute Gasteiger partial charge is 0.267 e. The highest BCUT2D eigenvalue weighted by molar-refractivity contribution is 5.92. The number of hydrogen-bond donors (Lipinski definition) is 2. The number of carbonyl (C=O) groups is 1. The molecule has 1 atom stereocenters. The van der Waals surface area contributed by atoms with Crippen LogP contribution in [0.4, 0.5) is 0 Å². The first-order chi connectivity index (χ1) is 9.22. The summed E-state index contributed by atoms with van der Waals surface area (Å²) in [5, 5.41) is 6.40. The number of nitrogens with zero attached hydrogens (tertiary/aromatic N) is 1. The van der Waals surface area contributed by atoms with E-state index < -0.39 is 0 Å². The van der Waals surface area contributed by atoms with Gasteiger partial charge in [-0.05, 0) is 44.0 Å². The summed E-state index contributed by atoms with van der Waals surface area (Å²) >= 11 is 0. The van der Waals surface area contributed by atoms with Gasteiger partial charge in [-0.3, -0.25) is 4.79 Å². The van der Waals surface area contributed by atoms with Crippen molar-refractivity contribution in [3.05, 3.63) is 24.0 Å². The highest BCUT2D eigenvalue weighted by atomic mass is 16.1. The fourth-order valence-electron chi connectivity index (χ4n) is 2.49. The molecule has 106 valence electrons. The van der Waals surface area contributed by atoms with Crippen molar-refractivity contribution in [3.8, 4) is 0 Å². The number of aromatic nitrogens is 1. The van der Waals surface area contributed by atoms with E-state index in [1.54, 1.807) is 0 Å². The van der Waals surface area contributed by atoms with Crippen LogP contribution in [0.25, 0.3) is 0 Å². The average Bonchev–Trinajstić information content (AvgIpc) is 2.94. The Morgan fingerprint density at radius 3 is 2.95 bits per heavy atom. The van der Waals surface area contributed by atoms with Crippen molar-refractivity contribution < 1.29 is 4.79 Å². The molecule has 1 aromatic heterocycles. The fourth-order valence-corrected chi connectivity index (χ4v) is 2.49. The Morgan fingerprint density at radius 1 is 1.53 bits per heavy atom. The first-order valence-corrected chi connectivity index (χ1v) is 7.38. The normalized spacial score (nSPS) is 18.2. The molecule has 0 radical (unpaired) electrons. The minimum Gasteiger partial charge on any atom is -0.350 e. The predicted molar refractivity (Wildman–Crippen MR) is 77.4 cm³/mol. The molecule has 2 rings (SSSR count). The second-order valence-corrected chi connectivity index (χ2v) is 5.51. The van der Waals surface area contributed by atoms with Gasteiger partial charge in [-0.1, -0.05) is 20.3 Å². The van der Waals surface area contributed by atoms with E-state index >= 15 is 0 Å². The van der Waals surface area contributed by atoms with Crippen molar-refractivity contribution in [1.29, 1.82) is 0 Å². The molecule has 2 heterocycles. The molecule has 1 aliphatic heterocycles. The summed E-state index contributed by atoms with van der Waals surface area (Å²) in [6.07, 6.45) is 5.32. The third kappa shape index (κ3) is 3.60. The summed E-state index contributed by atoms with van der Waals surface area (Å²) in [5.74, 6) is 0.593. The number of amides is 1. The van der Waals surface area contributed by atoms with Crippen molar-refractivity contribution in [3.63, 3.8) is 0 Å². The van der Waals surface area contributed by atoms with Crippen LogP contribution >= 0.6 is 0 Å². The minimum absolute atomic E-state index is 0.0591. The van der Waals surface area contributed by atoms with Crippen molar-refractivity contribution in [2.24, 2.45) is 5.92 Å². The number of hydrogen-bond acceptors (Lipinski definition) is 2. The molecule has 4 heteroatoms. The number of carbonyl (C=O) groups excluding carboxylic acids is 1. The minimum atomic E-state index is 0.0591. The van der Waals surface area contributed by atoms with E-state index in [1.165, 1.54) is 0 Å². The summed E-state index contributed by atoms with van der Waals surface area (Å²) in [6.45, 7) is 7.14. The monoisotopic (exact) mass is 263 g/mol. The van der Waals surface area contributed by atoms with Crippen LogP contribution in [0.15, 0.2) is 18.3 Å². The van der Waals surface area contributed by atoms with Gasteiger partial charge in [0.2, 0.25) is 0 Å². The number of piperidine rings is 1. The highest BCUT2D eigenvalue weighted by Crippen LogP contribution is 2.21. The SMILES string of the molecule is CCC(C)CNC(=O)c1cccn1C1CCNCC1. The van der Waals surface area contributed by atoms with Gasteiger partial charge in [0.1, 0.15) is 5.69 Å². The number of nitrogens with one attached hydrogen (secondary N) is 2. The molecule has 0 aromatic carbocycles. The van der Waals surface area contributed by atoms with Crippen LogP contribution in [0, 0.1) is 5.92 Å². The molecular formula is C15H25N3O. The van der Waals surface area contributed by atoms with E-state index in [1.807, 2.05) is 18.3 Å². The quantitative estimate of drug-likeness (QED) is 0.855. The Balaban J connectivity index is 1.99. The molecule has 1 fully saturated rings. The summed E-state index contributed by atoms with van der Waals surface area (Å²) in [7, 11) is 0. The fraction of sp³-hybridized carbons (Fsp3) is 0.667. The van der Waals surface area contributed by atoms with Crippen LogP contribution in [0.2, 0.25) is 0 Å². The van der Waals surface area contributed by atoms with Gasteiger partial charge < -0.3 is 15.2 Å². The lowest BCUT2D eigenvalue weighted by Gasteiger charge is -2.26. The third-order valence-corrected chi connectivity index (χ3v) is 4.02. The lowest BCUT2D eigenvalue weighted by Crippen LogP contribution is -2.33. The van der Waals surface area contributed by atoms with E-state index in [9.17, 15) is 4.79 Å². The third-order valence-electron chi connectivity index (χ3n) is 4.02. The first-order valence-electron chi connectivity index (χ1n) is 7.38. The molecule has 0 spiro atoms. The molecule has 0 aliphatic carbocycles. The molecule has 2 N–H and O–H groups in total. The molecule has 1 saturated heterocycles. The van der Waals surface area contributed by atoms with E-state index in [2.05, 4.69) is 29.0 Å². The predicted octanol–water partition coefficient (Wildman–Crippen LogP) is 2.19. The van der Waals surface area contributed by atoms with Gasteiger partial charge in [0.15, 0.2) is 0 Å². The maximum Gasteiger partial charge on any atom is 0.267 e. The van der Waals surface area contributed by atoms with Crippen LogP contribution in [0.5, 0.6) is 0 Å². The molecule has 1 aromatic rings. The summed E-state index contributed by atoms with van der Waals surface area (Å²) in [5.41, 5.74) is 0.801. The van der Waals surface area contributed by atoms with Gasteiger partial charge in [0.25, 0.3) is 5.91 Å². The Bertz CT molecular complexity index is 407. The molecule has 19 heavy (non-hydrogen) atoms. The van der Waals surface area contributed by atoms with Crippen LogP contribution in [0.3, 0.4) is 0 Å². The van der Waals surface area contributed by atoms with Crippen molar-refractivity contribution in [1.82, 2.24) is 15.2 Å². The van der Waals surface area contributed by atoms with Crippen LogP contribution in [-0.4, -0.2) is 30.1 Å². The van der Waals surface area contributed by atoms with Crippen molar-refractivity contribution in [2.75, 3.05) is 19.6 Å². The van der Waals surface area contributed by atoms with Crippen LogP contribution in [0.1, 0.15) is 49.6 Å². The molecule has 0 saturated carbocycles. The van der Waals surface area contributed by atoms with E-state index in [0.717, 1.165) is 44.6 Å². The van der Waals surface area contributed by atoms with E-state index in [4.69, 9.17) is 0 Å². The maximum atomic E-state index is 12.2. The van der Waals surface area contributed by atoms with Gasteiger partial charge in [-0.15, -0.1) is 0 Å². The van der Waals surface area contributed by atoms with Crippen LogP contribution < -0.4 is 10.6 Å². The molecular weight excluding hydrogens is 238 g/mol. The Labute approximate surface area is 115 Å². The Kier molecular flexibility index (Phi) is 5.02. The zero-order valence-electron chi connectivity index (χ0n) is 12.0. The van der Waals surface area contributed by atoms with Gasteiger partial charge in [0, 0.05) is 18.8 Å². The number of rotatable bonds is 5. The standard InChI is InChI=1S/C15H25N3O/c1-3-12(2)11-17-15(19)14-5-4-10-18(14)13-6-8-16-9-7-13/h4-5,10,12-13,16H,3,6-9,11H2,1-2H3,(H,17,19). The second-order valence-electron chi connectivity index (χ2n) is 5.51. The summed E-state index contributed by atoms with van der Waals surface area (Å²) < 4.78 is 2.15. The molecule has 0 bridgehead atoms. The zero-order valence-corrected chi connectivity index (χ0v) is 12.0. The van der Waals surface area contributed by atoms with Gasteiger partial charge in [-0.25, -0.2) is 0 Å². The zero-order chi connectivity index (χ0) is 13.7. The molecule has 1 amide bonds. The summed E-state index contributed by atoms with van der Waals surface area (Å²) in [6, 6.07) is 4.36. The molecule has 1 aliphatic rings. The lowest BCUT2D eigenvalue weighted by molar-refractivity contribution is 0.0935. The first kappa shape index (κ1) is 14.1. The van der Waals surface area contributed by atoms with Gasteiger partial charge in [0.05, 0.1) is 0 Å². The lowest BCUT2D eigenvalue weighted by atomic mass is 10.1. The topological polar surface area (TPSA) is 46.1 Å². The average molecular weight is 263 g/mol. The van der Waals surface area contributed by atoms with E-state index in [-0.39, 0.29) is 5.91 Å². The van der Waals surface area contributed by atoms with E-state index in [0.29, 0.717) is 12.0 Å². The van der Waals surface area contributed by atoms with Gasteiger partial charge >= 0.3 is 0 Å². The highest BCUT2D eigenvalue weighted by Gasteiger charge is 2.19. The Hall–Kier alpha value is -1.29. The molecule has 4 nitrogen and oxygen atoms in total. The largest absolute Gasteiger partial charge is 0.350 e. The Morgan fingerprint density at radius 2 is 2.26 bits per heavy atom.